The van der Waals surface area contributed by atoms with E-state index in [-0.39, 0.29) is 5.25 Å². The second-order valence-electron chi connectivity index (χ2n) is 3.01. The maximum absolute atomic E-state index is 11.6. The minimum atomic E-state index is -0.914. The zero-order valence-corrected chi connectivity index (χ0v) is 8.60. The molecule has 0 aromatic heterocycles. The van der Waals surface area contributed by atoms with Gasteiger partial charge < -0.3 is 5.43 Å². The fourth-order valence-corrected chi connectivity index (χ4v) is 1.91. The van der Waals surface area contributed by atoms with E-state index in [0.29, 0.717) is 0 Å². The summed E-state index contributed by atoms with van der Waals surface area (Å²) in [6.07, 6.45) is 0. The number of anilines is 1. The number of nitrogens with two attached hydrogens (primary N) is 1. The number of benzene rings is 1. The maximum atomic E-state index is 11.6. The van der Waals surface area contributed by atoms with Gasteiger partial charge in [0.15, 0.2) is 0 Å². The van der Waals surface area contributed by atoms with Crippen molar-refractivity contribution in [3.05, 3.63) is 24.3 Å². The summed E-state index contributed by atoms with van der Waals surface area (Å²) in [7, 11) is -0.914. The van der Waals surface area contributed by atoms with Crippen LogP contribution >= 0.6 is 0 Å². The number of hydrogen-bond donors (Lipinski definition) is 2. The predicted molar refractivity (Wildman–Crippen MR) is 55.8 cm³/mol. The van der Waals surface area contributed by atoms with Gasteiger partial charge in [0.05, 0.1) is 10.8 Å². The summed E-state index contributed by atoms with van der Waals surface area (Å²) >= 11 is 0. The summed E-state index contributed by atoms with van der Waals surface area (Å²) in [6, 6.07) is 7.28. The maximum Gasteiger partial charge on any atom is 0.0555 e. The fraction of sp³-hybridized carbons (Fsp3) is 0.333. The van der Waals surface area contributed by atoms with Gasteiger partial charge in [-0.2, -0.15) is 0 Å². The fourth-order valence-electron chi connectivity index (χ4n) is 0.957. The molecule has 1 unspecified atom stereocenters. The van der Waals surface area contributed by atoms with Gasteiger partial charge in [0.2, 0.25) is 0 Å². The van der Waals surface area contributed by atoms with E-state index in [1.54, 1.807) is 0 Å². The highest BCUT2D eigenvalue weighted by Gasteiger charge is 2.07. The number of nitrogen functional groups attached to an aromatic ring is 1. The zero-order valence-electron chi connectivity index (χ0n) is 7.78. The molecule has 0 saturated carbocycles. The third-order valence-electron chi connectivity index (χ3n) is 1.68. The van der Waals surface area contributed by atoms with Crippen LogP contribution in [0.4, 0.5) is 5.69 Å². The molecule has 4 heteroatoms. The van der Waals surface area contributed by atoms with Crippen molar-refractivity contribution in [1.29, 1.82) is 0 Å². The van der Waals surface area contributed by atoms with Gasteiger partial charge in [-0.3, -0.25) is 10.1 Å². The molecular formula is C9H14N2OS. The molecule has 0 bridgehead atoms. The van der Waals surface area contributed by atoms with Gasteiger partial charge in [-0.1, -0.05) is 13.8 Å². The summed E-state index contributed by atoms with van der Waals surface area (Å²) in [6.45, 7) is 3.87. The van der Waals surface area contributed by atoms with Crippen LogP contribution in [0.15, 0.2) is 29.2 Å². The van der Waals surface area contributed by atoms with E-state index in [9.17, 15) is 4.21 Å². The van der Waals surface area contributed by atoms with Crippen LogP contribution in [-0.4, -0.2) is 9.46 Å². The molecule has 0 radical (unpaired) electrons. The summed E-state index contributed by atoms with van der Waals surface area (Å²) in [5.74, 6) is 5.21. The van der Waals surface area contributed by atoms with Crippen LogP contribution in [0.5, 0.6) is 0 Å². The first-order valence-corrected chi connectivity index (χ1v) is 5.33. The van der Waals surface area contributed by atoms with Crippen LogP contribution in [0, 0.1) is 0 Å². The summed E-state index contributed by atoms with van der Waals surface area (Å²) in [5.41, 5.74) is 3.35. The quantitative estimate of drug-likeness (QED) is 0.571. The standard InChI is InChI=1S/C9H14N2OS/c1-7(2)13(12)9-5-3-8(11-10)4-6-9/h3-7,11H,10H2,1-2H3. The largest absolute Gasteiger partial charge is 0.324 e. The van der Waals surface area contributed by atoms with Gasteiger partial charge in [-0.15, -0.1) is 0 Å². The SMILES string of the molecule is CC(C)S(=O)c1ccc(NN)cc1. The van der Waals surface area contributed by atoms with E-state index in [4.69, 9.17) is 5.84 Å². The molecule has 0 spiro atoms. The molecule has 0 heterocycles. The summed E-state index contributed by atoms with van der Waals surface area (Å²) in [5, 5.41) is 0.150. The highest BCUT2D eigenvalue weighted by Crippen LogP contribution is 2.14. The van der Waals surface area contributed by atoms with Gasteiger partial charge in [0.1, 0.15) is 0 Å². The molecule has 0 aliphatic heterocycles. The monoisotopic (exact) mass is 198 g/mol. The van der Waals surface area contributed by atoms with Crippen molar-refractivity contribution in [2.24, 2.45) is 5.84 Å². The van der Waals surface area contributed by atoms with Gasteiger partial charge in [0.25, 0.3) is 0 Å². The van der Waals surface area contributed by atoms with E-state index >= 15 is 0 Å². The van der Waals surface area contributed by atoms with Crippen molar-refractivity contribution in [3.8, 4) is 0 Å². The molecular weight excluding hydrogens is 184 g/mol. The van der Waals surface area contributed by atoms with Crippen LogP contribution in [0.1, 0.15) is 13.8 Å². The second-order valence-corrected chi connectivity index (χ2v) is 5.02. The Hall–Kier alpha value is -0.870. The predicted octanol–water partition coefficient (Wildman–Crippen LogP) is 1.49. The smallest absolute Gasteiger partial charge is 0.0555 e. The minimum Gasteiger partial charge on any atom is -0.324 e. The molecule has 1 aromatic rings. The van der Waals surface area contributed by atoms with Crippen molar-refractivity contribution < 1.29 is 4.21 Å². The Kier molecular flexibility index (Phi) is 3.45. The molecule has 0 aliphatic rings. The van der Waals surface area contributed by atoms with Crippen LogP contribution in [-0.2, 0) is 10.8 Å². The molecule has 3 nitrogen and oxygen atoms in total. The lowest BCUT2D eigenvalue weighted by atomic mass is 10.3. The van der Waals surface area contributed by atoms with Crippen LogP contribution < -0.4 is 11.3 Å². The highest BCUT2D eigenvalue weighted by atomic mass is 32.2. The Morgan fingerprint density at radius 3 is 2.23 bits per heavy atom. The molecule has 72 valence electrons. The molecule has 0 saturated heterocycles. The minimum absolute atomic E-state index is 0.150. The van der Waals surface area contributed by atoms with Gasteiger partial charge in [-0.05, 0) is 24.3 Å². The van der Waals surface area contributed by atoms with Crippen molar-refractivity contribution in [2.45, 2.75) is 24.0 Å². The summed E-state index contributed by atoms with van der Waals surface area (Å²) in [4.78, 5) is 0.842. The average Bonchev–Trinajstić information content (AvgIpc) is 2.17. The lowest BCUT2D eigenvalue weighted by Gasteiger charge is -2.06. The van der Waals surface area contributed by atoms with Gasteiger partial charge in [-0.25, -0.2) is 0 Å². The average molecular weight is 198 g/mol. The molecule has 1 atom stereocenters. The van der Waals surface area contributed by atoms with E-state index in [0.717, 1.165) is 10.6 Å². The number of nitrogens with one attached hydrogen (secondary N) is 1. The van der Waals surface area contributed by atoms with Crippen molar-refractivity contribution in [3.63, 3.8) is 0 Å². The van der Waals surface area contributed by atoms with Gasteiger partial charge in [0, 0.05) is 15.8 Å². The first-order valence-electron chi connectivity index (χ1n) is 4.12. The van der Waals surface area contributed by atoms with E-state index in [1.807, 2.05) is 38.1 Å². The lowest BCUT2D eigenvalue weighted by Crippen LogP contribution is -2.08. The number of hydrogen-bond acceptors (Lipinski definition) is 3. The van der Waals surface area contributed by atoms with Crippen LogP contribution in [0.2, 0.25) is 0 Å². The van der Waals surface area contributed by atoms with Crippen LogP contribution in [0.25, 0.3) is 0 Å². The van der Waals surface area contributed by atoms with Crippen molar-refractivity contribution in [1.82, 2.24) is 0 Å². The van der Waals surface area contributed by atoms with E-state index in [2.05, 4.69) is 5.43 Å². The Morgan fingerprint density at radius 2 is 1.85 bits per heavy atom. The van der Waals surface area contributed by atoms with E-state index in [1.165, 1.54) is 0 Å². The van der Waals surface area contributed by atoms with E-state index < -0.39 is 10.8 Å². The Labute approximate surface area is 80.8 Å². The topological polar surface area (TPSA) is 55.1 Å². The Bertz CT molecular complexity index is 295. The molecule has 1 aromatic carbocycles. The lowest BCUT2D eigenvalue weighted by molar-refractivity contribution is 0.677. The molecule has 0 amide bonds. The molecule has 13 heavy (non-hydrogen) atoms. The molecule has 0 aliphatic carbocycles. The third-order valence-corrected chi connectivity index (χ3v) is 3.27. The third kappa shape index (κ3) is 2.54. The molecule has 1 rings (SSSR count). The van der Waals surface area contributed by atoms with Gasteiger partial charge >= 0.3 is 0 Å². The first kappa shape index (κ1) is 10.2. The summed E-state index contributed by atoms with van der Waals surface area (Å²) < 4.78 is 11.6. The number of rotatable bonds is 3. The first-order chi connectivity index (χ1) is 6.15. The normalized spacial score (nSPS) is 12.9. The highest BCUT2D eigenvalue weighted by molar-refractivity contribution is 7.85. The van der Waals surface area contributed by atoms with Crippen molar-refractivity contribution in [2.75, 3.05) is 5.43 Å². The Morgan fingerprint density at radius 1 is 1.31 bits per heavy atom. The second kappa shape index (κ2) is 4.39. The Balaban J connectivity index is 2.86. The van der Waals surface area contributed by atoms with Crippen LogP contribution in [0.3, 0.4) is 0 Å². The zero-order chi connectivity index (χ0) is 9.84. The van der Waals surface area contributed by atoms with Crippen molar-refractivity contribution >= 4 is 16.5 Å². The molecule has 0 fully saturated rings. The number of hydrazine groups is 1. The molecule has 3 N–H and O–H groups in total.